The Balaban J connectivity index is 1.38. The first kappa shape index (κ1) is 17.0. The van der Waals surface area contributed by atoms with Gasteiger partial charge in [-0.15, -0.1) is 11.3 Å². The second kappa shape index (κ2) is 8.86. The van der Waals surface area contributed by atoms with E-state index >= 15 is 0 Å². The number of amides is 1. The van der Waals surface area contributed by atoms with E-state index in [4.69, 9.17) is 0 Å². The van der Waals surface area contributed by atoms with Gasteiger partial charge in [0, 0.05) is 56.1 Å². The molecule has 0 saturated carbocycles. The standard InChI is InChI=1S/C17H23N5OS/c23-16(20-5-2-8-22-9-6-18-7-10-22)11-15-13-24-17(21-15)14-3-1-4-19-12-14/h1,3-4,12-13,18H,2,5-11H2,(H,20,23). The van der Waals surface area contributed by atoms with Crippen molar-refractivity contribution in [3.63, 3.8) is 0 Å². The van der Waals surface area contributed by atoms with Gasteiger partial charge in [-0.1, -0.05) is 0 Å². The molecule has 1 amide bonds. The van der Waals surface area contributed by atoms with Gasteiger partial charge in [0.05, 0.1) is 12.1 Å². The van der Waals surface area contributed by atoms with Gasteiger partial charge in [-0.3, -0.25) is 9.78 Å². The topological polar surface area (TPSA) is 70.2 Å². The minimum atomic E-state index is 0.0401. The van der Waals surface area contributed by atoms with Crippen LogP contribution in [0, 0.1) is 0 Å². The Bertz CT molecular complexity index is 639. The molecule has 0 bridgehead atoms. The first-order valence-electron chi connectivity index (χ1n) is 8.36. The van der Waals surface area contributed by atoms with Crippen molar-refractivity contribution in [3.05, 3.63) is 35.6 Å². The van der Waals surface area contributed by atoms with Crippen molar-refractivity contribution in [1.29, 1.82) is 0 Å². The Morgan fingerprint density at radius 3 is 3.04 bits per heavy atom. The molecule has 7 heteroatoms. The number of carbonyl (C=O) groups excluding carboxylic acids is 1. The molecular weight excluding hydrogens is 322 g/mol. The fourth-order valence-electron chi connectivity index (χ4n) is 2.70. The summed E-state index contributed by atoms with van der Waals surface area (Å²) in [7, 11) is 0. The van der Waals surface area contributed by atoms with Crippen molar-refractivity contribution >= 4 is 17.2 Å². The molecule has 0 unspecified atom stereocenters. The number of aromatic nitrogens is 2. The predicted octanol–water partition coefficient (Wildman–Crippen LogP) is 1.16. The van der Waals surface area contributed by atoms with E-state index in [0.717, 1.165) is 62.0 Å². The highest BCUT2D eigenvalue weighted by Crippen LogP contribution is 2.22. The number of pyridine rings is 1. The number of nitrogens with zero attached hydrogens (tertiary/aromatic N) is 3. The maximum absolute atomic E-state index is 12.0. The van der Waals surface area contributed by atoms with Gasteiger partial charge in [0.15, 0.2) is 0 Å². The molecule has 0 atom stereocenters. The van der Waals surface area contributed by atoms with Crippen LogP contribution in [0.15, 0.2) is 29.9 Å². The summed E-state index contributed by atoms with van der Waals surface area (Å²) < 4.78 is 0. The van der Waals surface area contributed by atoms with E-state index in [-0.39, 0.29) is 5.91 Å². The van der Waals surface area contributed by atoms with Gasteiger partial charge in [-0.2, -0.15) is 0 Å². The Labute approximate surface area is 146 Å². The van der Waals surface area contributed by atoms with E-state index in [2.05, 4.69) is 25.5 Å². The highest BCUT2D eigenvalue weighted by Gasteiger charge is 2.10. The summed E-state index contributed by atoms with van der Waals surface area (Å²) in [4.78, 5) is 23.1. The second-order valence-electron chi connectivity index (χ2n) is 5.86. The third kappa shape index (κ3) is 5.09. The lowest BCUT2D eigenvalue weighted by atomic mass is 10.3. The molecule has 1 aliphatic rings. The van der Waals surface area contributed by atoms with Crippen molar-refractivity contribution in [2.45, 2.75) is 12.8 Å². The largest absolute Gasteiger partial charge is 0.356 e. The van der Waals surface area contributed by atoms with Gasteiger partial charge in [-0.05, 0) is 25.1 Å². The molecule has 3 rings (SSSR count). The number of hydrogen-bond donors (Lipinski definition) is 2. The molecule has 3 heterocycles. The van der Waals surface area contributed by atoms with Crippen LogP contribution >= 0.6 is 11.3 Å². The molecule has 128 valence electrons. The second-order valence-corrected chi connectivity index (χ2v) is 6.72. The fraction of sp³-hybridized carbons (Fsp3) is 0.471. The van der Waals surface area contributed by atoms with Crippen LogP contribution in [0.4, 0.5) is 0 Å². The van der Waals surface area contributed by atoms with Crippen LogP contribution in [-0.2, 0) is 11.2 Å². The van der Waals surface area contributed by atoms with Crippen LogP contribution in [0.25, 0.3) is 10.6 Å². The predicted molar refractivity (Wildman–Crippen MR) is 96.0 cm³/mol. The molecule has 0 aliphatic carbocycles. The summed E-state index contributed by atoms with van der Waals surface area (Å²) in [6.07, 6.45) is 4.86. The van der Waals surface area contributed by atoms with Gasteiger partial charge in [0.25, 0.3) is 0 Å². The Morgan fingerprint density at radius 1 is 1.38 bits per heavy atom. The lowest BCUT2D eigenvalue weighted by molar-refractivity contribution is -0.120. The third-order valence-electron chi connectivity index (χ3n) is 3.98. The average molecular weight is 345 g/mol. The summed E-state index contributed by atoms with van der Waals surface area (Å²) in [5.74, 6) is 0.0401. The molecule has 0 radical (unpaired) electrons. The molecule has 0 spiro atoms. The third-order valence-corrected chi connectivity index (χ3v) is 4.92. The highest BCUT2D eigenvalue weighted by molar-refractivity contribution is 7.13. The zero-order chi connectivity index (χ0) is 16.6. The molecule has 24 heavy (non-hydrogen) atoms. The average Bonchev–Trinajstić information content (AvgIpc) is 3.09. The zero-order valence-electron chi connectivity index (χ0n) is 13.7. The van der Waals surface area contributed by atoms with Crippen LogP contribution in [0.5, 0.6) is 0 Å². The number of rotatable bonds is 7. The van der Waals surface area contributed by atoms with Crippen molar-refractivity contribution in [3.8, 4) is 10.6 Å². The van der Waals surface area contributed by atoms with Gasteiger partial charge >= 0.3 is 0 Å². The van der Waals surface area contributed by atoms with Gasteiger partial charge < -0.3 is 15.5 Å². The molecule has 1 fully saturated rings. The molecule has 0 aromatic carbocycles. The molecule has 2 aromatic rings. The van der Waals surface area contributed by atoms with Gasteiger partial charge in [0.2, 0.25) is 5.91 Å². The summed E-state index contributed by atoms with van der Waals surface area (Å²) in [5, 5.41) is 9.19. The number of carbonyl (C=O) groups is 1. The number of thiazole rings is 1. The van der Waals surface area contributed by atoms with Crippen LogP contribution in [-0.4, -0.2) is 60.0 Å². The Morgan fingerprint density at radius 2 is 2.25 bits per heavy atom. The smallest absolute Gasteiger partial charge is 0.226 e. The lowest BCUT2D eigenvalue weighted by Gasteiger charge is -2.27. The van der Waals surface area contributed by atoms with Crippen LogP contribution in [0.3, 0.4) is 0 Å². The van der Waals surface area contributed by atoms with Crippen LogP contribution in [0.1, 0.15) is 12.1 Å². The van der Waals surface area contributed by atoms with E-state index in [1.165, 1.54) is 0 Å². The molecule has 1 saturated heterocycles. The highest BCUT2D eigenvalue weighted by atomic mass is 32.1. The SMILES string of the molecule is O=C(Cc1csc(-c2cccnc2)n1)NCCCN1CCNCC1. The van der Waals surface area contributed by atoms with E-state index in [1.807, 2.05) is 17.5 Å². The van der Waals surface area contributed by atoms with E-state index < -0.39 is 0 Å². The minimum Gasteiger partial charge on any atom is -0.356 e. The van der Waals surface area contributed by atoms with Crippen molar-refractivity contribution < 1.29 is 4.79 Å². The first-order valence-corrected chi connectivity index (χ1v) is 9.24. The zero-order valence-corrected chi connectivity index (χ0v) is 14.5. The lowest BCUT2D eigenvalue weighted by Crippen LogP contribution is -2.44. The van der Waals surface area contributed by atoms with Crippen molar-refractivity contribution in [2.24, 2.45) is 0 Å². The molecule has 1 aliphatic heterocycles. The summed E-state index contributed by atoms with van der Waals surface area (Å²) >= 11 is 1.55. The number of piperazine rings is 1. The van der Waals surface area contributed by atoms with Crippen molar-refractivity contribution in [2.75, 3.05) is 39.3 Å². The van der Waals surface area contributed by atoms with E-state index in [9.17, 15) is 4.79 Å². The summed E-state index contributed by atoms with van der Waals surface area (Å²) in [6.45, 7) is 6.10. The normalized spacial score (nSPS) is 15.3. The van der Waals surface area contributed by atoms with Crippen LogP contribution in [0.2, 0.25) is 0 Å². The summed E-state index contributed by atoms with van der Waals surface area (Å²) in [6, 6.07) is 3.87. The Hall–Kier alpha value is -1.83. The Kier molecular flexibility index (Phi) is 6.28. The van der Waals surface area contributed by atoms with E-state index in [1.54, 1.807) is 23.7 Å². The number of hydrogen-bond acceptors (Lipinski definition) is 6. The molecular formula is C17H23N5OS. The minimum absolute atomic E-state index is 0.0401. The molecule has 2 N–H and O–H groups in total. The first-order chi connectivity index (χ1) is 11.8. The quantitative estimate of drug-likeness (QED) is 0.737. The maximum Gasteiger partial charge on any atom is 0.226 e. The maximum atomic E-state index is 12.0. The van der Waals surface area contributed by atoms with Gasteiger partial charge in [-0.25, -0.2) is 4.98 Å². The van der Waals surface area contributed by atoms with Crippen LogP contribution < -0.4 is 10.6 Å². The van der Waals surface area contributed by atoms with Gasteiger partial charge in [0.1, 0.15) is 5.01 Å². The van der Waals surface area contributed by atoms with Crippen molar-refractivity contribution in [1.82, 2.24) is 25.5 Å². The monoisotopic (exact) mass is 345 g/mol. The molecule has 6 nitrogen and oxygen atoms in total. The molecule has 2 aromatic heterocycles. The summed E-state index contributed by atoms with van der Waals surface area (Å²) in [5.41, 5.74) is 1.81. The number of nitrogens with one attached hydrogen (secondary N) is 2. The fourth-order valence-corrected chi connectivity index (χ4v) is 3.51. The van der Waals surface area contributed by atoms with E-state index in [0.29, 0.717) is 6.42 Å².